The molecule has 0 saturated carbocycles. The second kappa shape index (κ2) is 19.9. The Bertz CT molecular complexity index is 1830. The zero-order chi connectivity index (χ0) is 42.7. The van der Waals surface area contributed by atoms with Gasteiger partial charge in [0.05, 0.1) is 0 Å². The van der Waals surface area contributed by atoms with Gasteiger partial charge >= 0.3 is 356 Å². The number of nitrogens with zero attached hydrogens (tertiary/aromatic N) is 9. The van der Waals surface area contributed by atoms with Gasteiger partial charge in [-0.05, 0) is 0 Å². The van der Waals surface area contributed by atoms with Crippen molar-refractivity contribution in [3.63, 3.8) is 0 Å². The van der Waals surface area contributed by atoms with Crippen LogP contribution < -0.4 is 96.9 Å². The van der Waals surface area contributed by atoms with Crippen molar-refractivity contribution in [1.29, 1.82) is 0 Å². The Kier molecular flexibility index (Phi) is 18.3. The van der Waals surface area contributed by atoms with Crippen LogP contribution in [-0.4, -0.2) is 135 Å². The van der Waals surface area contributed by atoms with Gasteiger partial charge in [0.25, 0.3) is 0 Å². The van der Waals surface area contributed by atoms with Crippen LogP contribution in [-0.2, 0) is 20.4 Å². The molecule has 0 heterocycles. The first-order valence-corrected chi connectivity index (χ1v) is 22.3. The van der Waals surface area contributed by atoms with E-state index >= 15 is 0 Å². The third-order valence-electron chi connectivity index (χ3n) is 12.1. The van der Waals surface area contributed by atoms with Crippen LogP contribution in [0.2, 0.25) is 3.34 Å². The molecule has 3 aromatic carbocycles. The molecule has 59 heavy (non-hydrogen) atoms. The maximum absolute atomic E-state index is 3.43. The molecule has 3 aromatic rings. The third kappa shape index (κ3) is 8.53. The van der Waals surface area contributed by atoms with Crippen LogP contribution in [0.1, 0.15) is 27.7 Å². The fraction of sp³-hybridized carbons (Fsp3) is 0.511. The standard InChI is InChI=1S/C45H72N9Si.3ClH.Ti/c1-29-30(2)32(4)45(31(29)3)55(36-26-23-33(46(5)6)39(49(11)12)42(36)52(17)18,37-27-24-34(47(7)8)40(50(13)14)43(37)53(19)20)38-28-25-35(48(9)10)41(51(15)16)44(38)54(21)22;;;;/h23-28H,1-22H3;3*1H;/q;;;;+3/p-3. The van der Waals surface area contributed by atoms with E-state index in [4.69, 9.17) is 0 Å². The smallest absolute Gasteiger partial charge is 1.00 e. The Hall–Kier alpha value is -2.86. The molecular weight excluding hydrogens is 849 g/mol. The average molecular weight is 921 g/mol. The number of allylic oxidation sites excluding steroid dienone is 4. The number of anilines is 9. The zero-order valence-electron chi connectivity index (χ0n) is 40.1. The van der Waals surface area contributed by atoms with Gasteiger partial charge in [-0.1, -0.05) is 0 Å². The number of hydrogen-bond donors (Lipinski definition) is 0. The molecule has 0 radical (unpaired) electrons. The summed E-state index contributed by atoms with van der Waals surface area (Å²) in [5.74, 6) is 0. The Balaban J connectivity index is 0.00000580. The minimum absolute atomic E-state index is 0. The molecule has 326 valence electrons. The van der Waals surface area contributed by atoms with Crippen molar-refractivity contribution in [3.05, 3.63) is 58.7 Å². The van der Waals surface area contributed by atoms with Crippen LogP contribution in [0.5, 0.6) is 0 Å². The monoisotopic (exact) mass is 919 g/mol. The molecular formula is C45H72Cl3N9SiTi. The second-order valence-electron chi connectivity index (χ2n) is 17.5. The summed E-state index contributed by atoms with van der Waals surface area (Å²) in [4.78, 5) is 20.9. The van der Waals surface area contributed by atoms with E-state index in [1.54, 1.807) is 0 Å². The summed E-state index contributed by atoms with van der Waals surface area (Å²) in [6.45, 7) is 9.57. The predicted octanol–water partition coefficient (Wildman–Crippen LogP) is -3.31. The Morgan fingerprint density at radius 2 is 0.542 bits per heavy atom. The van der Waals surface area contributed by atoms with Crippen LogP contribution >= 0.6 is 0 Å². The van der Waals surface area contributed by atoms with Gasteiger partial charge in [-0.3, -0.25) is 0 Å². The number of hydrogen-bond acceptors (Lipinski definition) is 9. The first-order chi connectivity index (χ1) is 25.8. The maximum Gasteiger partial charge on any atom is -1.00 e. The largest absolute Gasteiger partial charge is 1.00 e. The summed E-state index contributed by atoms with van der Waals surface area (Å²) in [6.07, 6.45) is 0. The second-order valence-corrected chi connectivity index (χ2v) is 23.4. The number of rotatable bonds is 13. The van der Waals surface area contributed by atoms with Crippen LogP contribution in [0.25, 0.3) is 0 Å². The van der Waals surface area contributed by atoms with Crippen molar-refractivity contribution in [2.45, 2.75) is 31.0 Å². The molecule has 0 atom stereocenters. The molecule has 0 aromatic heterocycles. The molecule has 14 heteroatoms. The molecule has 0 N–H and O–H groups in total. The van der Waals surface area contributed by atoms with Crippen molar-refractivity contribution < 1.29 is 57.7 Å². The Morgan fingerprint density at radius 3 is 0.712 bits per heavy atom. The van der Waals surface area contributed by atoms with Crippen molar-refractivity contribution >= 4 is 74.8 Å². The predicted molar refractivity (Wildman–Crippen MR) is 252 cm³/mol. The quantitative estimate of drug-likeness (QED) is 0.130. The fourth-order valence-electron chi connectivity index (χ4n) is 9.39. The van der Waals surface area contributed by atoms with Gasteiger partial charge in [0.15, 0.2) is 0 Å². The van der Waals surface area contributed by atoms with Crippen LogP contribution in [0, 0.1) is 0 Å². The number of benzene rings is 3. The first kappa shape index (κ1) is 54.2. The van der Waals surface area contributed by atoms with E-state index in [1.807, 2.05) is 0 Å². The average Bonchev–Trinajstić information content (AvgIpc) is 3.25. The number of halogens is 3. The molecule has 0 amide bonds. The van der Waals surface area contributed by atoms with Gasteiger partial charge in [0.1, 0.15) is 0 Å². The van der Waals surface area contributed by atoms with E-state index in [0.717, 1.165) is 0 Å². The Morgan fingerprint density at radius 1 is 0.339 bits per heavy atom. The summed E-state index contributed by atoms with van der Waals surface area (Å²) < 4.78 is -0.378. The van der Waals surface area contributed by atoms with Crippen molar-refractivity contribution in [2.24, 2.45) is 0 Å². The van der Waals surface area contributed by atoms with E-state index in [1.165, 1.54) is 89.0 Å². The minimum atomic E-state index is -3.43. The van der Waals surface area contributed by atoms with Gasteiger partial charge in [-0.15, -0.1) is 0 Å². The summed E-state index contributed by atoms with van der Waals surface area (Å²) in [7, 11) is 36.2. The van der Waals surface area contributed by atoms with E-state index in [2.05, 4.69) is 255 Å². The normalized spacial score (nSPS) is 13.3. The van der Waals surface area contributed by atoms with Crippen LogP contribution in [0.15, 0.2) is 58.7 Å². The fourth-order valence-corrected chi connectivity index (χ4v) is 18.5. The minimum Gasteiger partial charge on any atom is -1.00 e. The molecule has 0 saturated heterocycles. The summed E-state index contributed by atoms with van der Waals surface area (Å²) in [5.41, 5.74) is 16.8. The SMILES string of the molecule is CC1=C(C)[C]([Ti+3])([Si](c2ccc(N(C)C)c(N(C)C)c2N(C)C)(c2ccc(N(C)C)c(N(C)C)c2N(C)C)c2ccc(N(C)C)c(N(C)C)c2N(C)C)C(C)=C1C.[Cl-].[Cl-].[Cl-]. The summed E-state index contributed by atoms with van der Waals surface area (Å²) in [6, 6.07) is 14.7. The van der Waals surface area contributed by atoms with E-state index in [-0.39, 0.29) is 40.6 Å². The van der Waals surface area contributed by atoms with Crippen molar-refractivity contribution in [3.8, 4) is 0 Å². The molecule has 9 nitrogen and oxygen atoms in total. The van der Waals surface area contributed by atoms with Crippen molar-refractivity contribution in [1.82, 2.24) is 0 Å². The summed E-state index contributed by atoms with van der Waals surface area (Å²) in [5, 5.41) is 4.20. The topological polar surface area (TPSA) is 29.2 Å². The van der Waals surface area contributed by atoms with E-state index < -0.39 is 8.07 Å². The molecule has 0 bridgehead atoms. The Labute approximate surface area is 390 Å². The molecule has 1 aliphatic rings. The summed E-state index contributed by atoms with van der Waals surface area (Å²) >= 11 is 2.60. The van der Waals surface area contributed by atoms with Gasteiger partial charge in [0.2, 0.25) is 0 Å². The first-order valence-electron chi connectivity index (χ1n) is 19.5. The van der Waals surface area contributed by atoms with Gasteiger partial charge in [-0.2, -0.15) is 0 Å². The molecule has 0 spiro atoms. The molecule has 0 unspecified atom stereocenters. The van der Waals surface area contributed by atoms with Gasteiger partial charge in [-0.25, -0.2) is 0 Å². The van der Waals surface area contributed by atoms with Crippen molar-refractivity contribution in [2.75, 3.05) is 171 Å². The molecule has 0 aliphatic heterocycles. The van der Waals surface area contributed by atoms with Crippen LogP contribution in [0.3, 0.4) is 0 Å². The van der Waals surface area contributed by atoms with Crippen LogP contribution in [0.4, 0.5) is 51.2 Å². The van der Waals surface area contributed by atoms with Gasteiger partial charge < -0.3 is 37.2 Å². The zero-order valence-corrected chi connectivity index (χ0v) is 45.0. The van der Waals surface area contributed by atoms with Gasteiger partial charge in [0, 0.05) is 0 Å². The van der Waals surface area contributed by atoms with E-state index in [0.29, 0.717) is 0 Å². The third-order valence-corrected chi connectivity index (χ3v) is 20.5. The molecule has 4 rings (SSSR count). The van der Waals surface area contributed by atoms with E-state index in [9.17, 15) is 0 Å². The maximum atomic E-state index is 2.60. The molecule has 1 aliphatic carbocycles. The molecule has 0 fully saturated rings.